The molecule has 1 aromatic carbocycles. The van der Waals surface area contributed by atoms with E-state index < -0.39 is 6.04 Å². The molecular weight excluding hydrogens is 346 g/mol. The third-order valence-electron chi connectivity index (χ3n) is 3.80. The van der Waals surface area contributed by atoms with E-state index in [4.69, 9.17) is 4.42 Å². The molecule has 0 saturated heterocycles. The first-order valence-electron chi connectivity index (χ1n) is 8.84. The van der Waals surface area contributed by atoms with Gasteiger partial charge in [-0.3, -0.25) is 14.4 Å². The Balaban J connectivity index is 1.84. The third-order valence-corrected chi connectivity index (χ3v) is 3.80. The molecule has 0 aliphatic heterocycles. The molecule has 0 saturated carbocycles. The van der Waals surface area contributed by atoms with E-state index in [0.29, 0.717) is 24.2 Å². The van der Waals surface area contributed by atoms with Crippen LogP contribution in [0.25, 0.3) is 0 Å². The number of carbonyl (C=O) groups is 3. The number of hydrogen-bond donors (Lipinski definition) is 3. The Kier molecular flexibility index (Phi) is 7.16. The summed E-state index contributed by atoms with van der Waals surface area (Å²) < 4.78 is 4.85. The van der Waals surface area contributed by atoms with E-state index in [-0.39, 0.29) is 23.6 Å². The third kappa shape index (κ3) is 6.62. The van der Waals surface area contributed by atoms with E-state index in [1.54, 1.807) is 13.0 Å². The maximum absolute atomic E-state index is 12.2. The molecule has 0 radical (unpaired) electrons. The SMILES string of the molecule is CC(C)CC(=O)Nc1cccc(CNC(=O)C(C)NC(=O)c2ccoc2)c1. The van der Waals surface area contributed by atoms with Gasteiger partial charge >= 0.3 is 0 Å². The molecule has 3 amide bonds. The van der Waals surface area contributed by atoms with Crippen LogP contribution in [0.1, 0.15) is 43.1 Å². The molecule has 3 N–H and O–H groups in total. The van der Waals surface area contributed by atoms with Gasteiger partial charge in [-0.25, -0.2) is 0 Å². The highest BCUT2D eigenvalue weighted by Crippen LogP contribution is 2.12. The van der Waals surface area contributed by atoms with E-state index in [2.05, 4.69) is 16.0 Å². The zero-order valence-corrected chi connectivity index (χ0v) is 15.7. The highest BCUT2D eigenvalue weighted by molar-refractivity contribution is 5.97. The molecule has 0 aliphatic rings. The normalized spacial score (nSPS) is 11.7. The van der Waals surface area contributed by atoms with Crippen molar-refractivity contribution in [3.8, 4) is 0 Å². The summed E-state index contributed by atoms with van der Waals surface area (Å²) in [4.78, 5) is 36.0. The van der Waals surface area contributed by atoms with E-state index >= 15 is 0 Å². The topological polar surface area (TPSA) is 100 Å². The van der Waals surface area contributed by atoms with E-state index in [0.717, 1.165) is 5.56 Å². The van der Waals surface area contributed by atoms with Crippen LogP contribution in [-0.4, -0.2) is 23.8 Å². The predicted molar refractivity (Wildman–Crippen MR) is 102 cm³/mol. The molecule has 0 fully saturated rings. The number of carbonyl (C=O) groups excluding carboxylic acids is 3. The fourth-order valence-corrected chi connectivity index (χ4v) is 2.42. The molecule has 0 spiro atoms. The van der Waals surface area contributed by atoms with Gasteiger partial charge in [0.15, 0.2) is 0 Å². The average Bonchev–Trinajstić information content (AvgIpc) is 3.13. The zero-order valence-electron chi connectivity index (χ0n) is 15.7. The second kappa shape index (κ2) is 9.56. The lowest BCUT2D eigenvalue weighted by molar-refractivity contribution is -0.122. The number of nitrogens with one attached hydrogen (secondary N) is 3. The van der Waals surface area contributed by atoms with Crippen molar-refractivity contribution in [1.82, 2.24) is 10.6 Å². The van der Waals surface area contributed by atoms with Gasteiger partial charge in [0.25, 0.3) is 5.91 Å². The first-order chi connectivity index (χ1) is 12.8. The lowest BCUT2D eigenvalue weighted by Crippen LogP contribution is -2.44. The molecule has 1 unspecified atom stereocenters. The summed E-state index contributed by atoms with van der Waals surface area (Å²) >= 11 is 0. The molecule has 2 aromatic rings. The molecule has 27 heavy (non-hydrogen) atoms. The standard InChI is InChI=1S/C20H25N3O4/c1-13(2)9-18(24)23-17-6-4-5-15(10-17)11-21-19(25)14(3)22-20(26)16-7-8-27-12-16/h4-8,10,12-14H,9,11H2,1-3H3,(H,21,25)(H,22,26)(H,23,24). The number of anilines is 1. The van der Waals surface area contributed by atoms with Crippen molar-refractivity contribution in [2.75, 3.05) is 5.32 Å². The van der Waals surface area contributed by atoms with Crippen molar-refractivity contribution >= 4 is 23.4 Å². The molecule has 1 aromatic heterocycles. The quantitative estimate of drug-likeness (QED) is 0.664. The Morgan fingerprint density at radius 2 is 1.89 bits per heavy atom. The Morgan fingerprint density at radius 3 is 2.56 bits per heavy atom. The van der Waals surface area contributed by atoms with Crippen molar-refractivity contribution in [2.45, 2.75) is 39.8 Å². The summed E-state index contributed by atoms with van der Waals surface area (Å²) in [6.45, 7) is 5.87. The minimum absolute atomic E-state index is 0.0400. The molecule has 1 atom stereocenters. The maximum Gasteiger partial charge on any atom is 0.255 e. The predicted octanol–water partition coefficient (Wildman–Crippen LogP) is 2.70. The first kappa shape index (κ1) is 20.2. The van der Waals surface area contributed by atoms with Crippen molar-refractivity contribution in [3.05, 3.63) is 54.0 Å². The Labute approximate surface area is 158 Å². The van der Waals surface area contributed by atoms with Gasteiger partial charge in [-0.1, -0.05) is 26.0 Å². The maximum atomic E-state index is 12.2. The summed E-state index contributed by atoms with van der Waals surface area (Å²) in [6.07, 6.45) is 3.17. The highest BCUT2D eigenvalue weighted by atomic mass is 16.3. The van der Waals surface area contributed by atoms with Crippen molar-refractivity contribution < 1.29 is 18.8 Å². The van der Waals surface area contributed by atoms with Crippen LogP contribution in [0.2, 0.25) is 0 Å². The lowest BCUT2D eigenvalue weighted by Gasteiger charge is -2.14. The summed E-state index contributed by atoms with van der Waals surface area (Å²) in [5.41, 5.74) is 1.90. The van der Waals surface area contributed by atoms with Gasteiger partial charge in [-0.2, -0.15) is 0 Å². The second-order valence-electron chi connectivity index (χ2n) is 6.77. The highest BCUT2D eigenvalue weighted by Gasteiger charge is 2.17. The van der Waals surface area contributed by atoms with Crippen LogP contribution in [0, 0.1) is 5.92 Å². The fourth-order valence-electron chi connectivity index (χ4n) is 2.42. The summed E-state index contributed by atoms with van der Waals surface area (Å²) in [7, 11) is 0. The van der Waals surface area contributed by atoms with Crippen LogP contribution in [0.4, 0.5) is 5.69 Å². The van der Waals surface area contributed by atoms with Crippen molar-refractivity contribution in [3.63, 3.8) is 0 Å². The van der Waals surface area contributed by atoms with Crippen LogP contribution < -0.4 is 16.0 Å². The van der Waals surface area contributed by atoms with Crippen LogP contribution in [0.3, 0.4) is 0 Å². The van der Waals surface area contributed by atoms with E-state index in [1.165, 1.54) is 18.6 Å². The number of furan rings is 1. The van der Waals surface area contributed by atoms with Gasteiger partial charge in [0.1, 0.15) is 12.3 Å². The van der Waals surface area contributed by atoms with Gasteiger partial charge < -0.3 is 20.4 Å². The minimum atomic E-state index is -0.693. The Bertz CT molecular complexity index is 784. The number of rotatable bonds is 8. The van der Waals surface area contributed by atoms with Crippen LogP contribution in [0.5, 0.6) is 0 Å². The summed E-state index contributed by atoms with van der Waals surface area (Å²) in [6, 6.07) is 8.12. The minimum Gasteiger partial charge on any atom is -0.472 e. The molecule has 2 rings (SSSR count). The molecule has 1 heterocycles. The van der Waals surface area contributed by atoms with Crippen molar-refractivity contribution in [1.29, 1.82) is 0 Å². The monoisotopic (exact) mass is 371 g/mol. The molecule has 7 nitrogen and oxygen atoms in total. The molecule has 144 valence electrons. The van der Waals surface area contributed by atoms with Crippen LogP contribution >= 0.6 is 0 Å². The fraction of sp³-hybridized carbons (Fsp3) is 0.350. The van der Waals surface area contributed by atoms with E-state index in [1.807, 2.05) is 32.0 Å². The molecule has 7 heteroatoms. The van der Waals surface area contributed by atoms with Gasteiger partial charge in [0.05, 0.1) is 11.8 Å². The van der Waals surface area contributed by atoms with Crippen LogP contribution in [0.15, 0.2) is 47.3 Å². The van der Waals surface area contributed by atoms with Gasteiger partial charge in [-0.15, -0.1) is 0 Å². The number of hydrogen-bond acceptors (Lipinski definition) is 4. The van der Waals surface area contributed by atoms with Crippen LogP contribution in [-0.2, 0) is 16.1 Å². The van der Waals surface area contributed by atoms with Crippen molar-refractivity contribution in [2.24, 2.45) is 5.92 Å². The second-order valence-corrected chi connectivity index (χ2v) is 6.77. The van der Waals surface area contributed by atoms with E-state index in [9.17, 15) is 14.4 Å². The smallest absolute Gasteiger partial charge is 0.255 e. The van der Waals surface area contributed by atoms with Gasteiger partial charge in [0, 0.05) is 18.7 Å². The van der Waals surface area contributed by atoms with Gasteiger partial charge in [-0.05, 0) is 36.6 Å². The molecular formula is C20H25N3O4. The lowest BCUT2D eigenvalue weighted by atomic mass is 10.1. The average molecular weight is 371 g/mol. The number of amides is 3. The number of benzene rings is 1. The zero-order chi connectivity index (χ0) is 19.8. The summed E-state index contributed by atoms with van der Waals surface area (Å²) in [5.74, 6) is -0.435. The molecule has 0 aliphatic carbocycles. The Morgan fingerprint density at radius 1 is 1.11 bits per heavy atom. The first-order valence-corrected chi connectivity index (χ1v) is 8.84. The molecule has 0 bridgehead atoms. The van der Waals surface area contributed by atoms with Gasteiger partial charge in [0.2, 0.25) is 11.8 Å². The summed E-state index contributed by atoms with van der Waals surface area (Å²) in [5, 5.41) is 8.23. The largest absolute Gasteiger partial charge is 0.472 e. The Hall–Kier alpha value is -3.09.